The third-order valence-corrected chi connectivity index (χ3v) is 1.44. The molecular weight excluding hydrogens is 165 g/mol. The molecule has 0 aliphatic carbocycles. The van der Waals surface area contributed by atoms with Gasteiger partial charge in [0.05, 0.1) is 0 Å². The van der Waals surface area contributed by atoms with Gasteiger partial charge in [0.25, 0.3) is 16.1 Å². The fraction of sp³-hybridized carbons (Fsp3) is 0. The quantitative estimate of drug-likeness (QED) is 0.303. The first kappa shape index (κ1) is 12.1. The van der Waals surface area contributed by atoms with Gasteiger partial charge < -0.3 is 19.6 Å². The van der Waals surface area contributed by atoms with Crippen LogP contribution in [0.25, 0.3) is 0 Å². The van der Waals surface area contributed by atoms with Crippen LogP contribution >= 0.6 is 16.1 Å². The molecule has 4 nitrogen and oxygen atoms in total. The molecule has 39 valence electrons. The summed E-state index contributed by atoms with van der Waals surface area (Å²) in [6.45, 7) is 0. The average Bonchev–Trinajstić information content (AvgIpc) is 1.36. The molecule has 0 aromatic heterocycles. The maximum atomic E-state index is 7.78. The van der Waals surface area contributed by atoms with Crippen molar-refractivity contribution in [1.82, 2.24) is 0 Å². The van der Waals surface area contributed by atoms with Gasteiger partial charge in [0.15, 0.2) is 0 Å². The second-order valence-electron chi connectivity index (χ2n) is 0.537. The van der Waals surface area contributed by atoms with Crippen molar-refractivity contribution in [2.24, 2.45) is 0 Å². The second-order valence-corrected chi connectivity index (χ2v) is 3.76. The van der Waals surface area contributed by atoms with Gasteiger partial charge in [-0.1, -0.05) is 0 Å². The summed E-state index contributed by atoms with van der Waals surface area (Å²) >= 11 is 0. The summed E-state index contributed by atoms with van der Waals surface area (Å²) in [4.78, 5) is 31.1. The molecule has 0 aliphatic heterocycles. The minimum absolute atomic E-state index is 0. The number of rotatable bonds is 1. The Morgan fingerprint density at radius 2 is 0.857 bits per heavy atom. The van der Waals surface area contributed by atoms with E-state index in [4.69, 9.17) is 19.6 Å². The summed E-state index contributed by atoms with van der Waals surface area (Å²) in [7, 11) is -4.97. The molecule has 0 fully saturated rings. The van der Waals surface area contributed by atoms with Gasteiger partial charge in [0.2, 0.25) is 0 Å². The van der Waals surface area contributed by atoms with Crippen LogP contribution in [0, 0.1) is 0 Å². The Balaban J connectivity index is 0. The normalized spacial score (nSPS) is 9.43. The summed E-state index contributed by atoms with van der Waals surface area (Å²) in [5, 5.41) is 0. The van der Waals surface area contributed by atoms with E-state index in [1.807, 2.05) is 0 Å². The van der Waals surface area contributed by atoms with Crippen LogP contribution in [0.4, 0.5) is 0 Å². The first-order chi connectivity index (χ1) is 2.64. The van der Waals surface area contributed by atoms with Gasteiger partial charge in [0, 0.05) is 51.4 Å². The molecule has 1 radical (unpaired) electrons. The third kappa shape index (κ3) is 8.34. The molecular formula is H4KO4P2. The zero-order valence-electron chi connectivity index (χ0n) is 3.68. The molecule has 0 aromatic rings. The van der Waals surface area contributed by atoms with E-state index in [0.717, 1.165) is 0 Å². The summed E-state index contributed by atoms with van der Waals surface area (Å²) < 4.78 is 0. The molecule has 0 saturated carbocycles. The van der Waals surface area contributed by atoms with Gasteiger partial charge in [-0.15, -0.1) is 0 Å². The first-order valence-electron chi connectivity index (χ1n) is 1.000. The average molecular weight is 169 g/mol. The van der Waals surface area contributed by atoms with Gasteiger partial charge in [0.1, 0.15) is 0 Å². The van der Waals surface area contributed by atoms with Crippen molar-refractivity contribution in [2.75, 3.05) is 0 Å². The van der Waals surface area contributed by atoms with Crippen LogP contribution in [0.3, 0.4) is 0 Å². The van der Waals surface area contributed by atoms with E-state index in [2.05, 4.69) is 0 Å². The van der Waals surface area contributed by atoms with Gasteiger partial charge in [-0.3, -0.25) is 0 Å². The Bertz CT molecular complexity index is 30.7. The standard InChI is InChI=1S/K.H4O4P2/c;1-5(2)6(3)4/h;1-4H. The monoisotopic (exact) mass is 169 g/mol. The summed E-state index contributed by atoms with van der Waals surface area (Å²) in [6.07, 6.45) is 0. The maximum Gasteiger partial charge on any atom is 0.250 e. The van der Waals surface area contributed by atoms with Crippen molar-refractivity contribution in [2.45, 2.75) is 0 Å². The van der Waals surface area contributed by atoms with E-state index < -0.39 is 16.1 Å². The zero-order chi connectivity index (χ0) is 5.15. The van der Waals surface area contributed by atoms with E-state index in [1.54, 1.807) is 0 Å². The van der Waals surface area contributed by atoms with Crippen LogP contribution in [0.1, 0.15) is 0 Å². The fourth-order valence-corrected chi connectivity index (χ4v) is 0. The van der Waals surface area contributed by atoms with Gasteiger partial charge in [-0.2, -0.15) is 0 Å². The molecule has 0 rings (SSSR count). The van der Waals surface area contributed by atoms with Crippen molar-refractivity contribution in [1.29, 1.82) is 0 Å². The molecule has 0 atom stereocenters. The Kier molecular flexibility index (Phi) is 11.1. The third-order valence-electron chi connectivity index (χ3n) is 0.160. The minimum Gasteiger partial charge on any atom is -0.344 e. The first-order valence-corrected chi connectivity index (χ1v) is 4.20. The van der Waals surface area contributed by atoms with Crippen molar-refractivity contribution < 1.29 is 19.6 Å². The molecule has 0 unspecified atom stereocenters. The Hall–Kier alpha value is 2.34. The van der Waals surface area contributed by atoms with E-state index in [9.17, 15) is 0 Å². The molecule has 0 saturated heterocycles. The van der Waals surface area contributed by atoms with Gasteiger partial charge >= 0.3 is 0 Å². The van der Waals surface area contributed by atoms with Crippen molar-refractivity contribution in [3.05, 3.63) is 0 Å². The molecule has 0 aliphatic rings. The summed E-state index contributed by atoms with van der Waals surface area (Å²) in [6, 6.07) is 0. The van der Waals surface area contributed by atoms with Crippen molar-refractivity contribution >= 4 is 67.5 Å². The van der Waals surface area contributed by atoms with E-state index >= 15 is 0 Å². The molecule has 0 amide bonds. The van der Waals surface area contributed by atoms with Crippen LogP contribution in [0.2, 0.25) is 0 Å². The van der Waals surface area contributed by atoms with E-state index in [-0.39, 0.29) is 51.4 Å². The SMILES string of the molecule is OP(O)P(O)O.[K]. The molecule has 0 bridgehead atoms. The molecule has 0 aromatic carbocycles. The van der Waals surface area contributed by atoms with Crippen LogP contribution in [0.5, 0.6) is 0 Å². The molecule has 7 heteroatoms. The molecule has 0 heterocycles. The molecule has 0 spiro atoms. The Morgan fingerprint density at radius 1 is 0.714 bits per heavy atom. The van der Waals surface area contributed by atoms with Crippen LogP contribution in [0.15, 0.2) is 0 Å². The largest absolute Gasteiger partial charge is 0.344 e. The zero-order valence-corrected chi connectivity index (χ0v) is 8.60. The van der Waals surface area contributed by atoms with Crippen molar-refractivity contribution in [3.8, 4) is 0 Å². The molecule has 4 N–H and O–H groups in total. The predicted octanol–water partition coefficient (Wildman–Crippen LogP) is -0.886. The van der Waals surface area contributed by atoms with Crippen molar-refractivity contribution in [3.63, 3.8) is 0 Å². The summed E-state index contributed by atoms with van der Waals surface area (Å²) in [5.41, 5.74) is 0. The summed E-state index contributed by atoms with van der Waals surface area (Å²) in [5.74, 6) is 0. The predicted molar refractivity (Wildman–Crippen MR) is 28.5 cm³/mol. The van der Waals surface area contributed by atoms with Crippen LogP contribution < -0.4 is 0 Å². The van der Waals surface area contributed by atoms with Gasteiger partial charge in [-0.05, 0) is 0 Å². The second kappa shape index (κ2) is 6.46. The topological polar surface area (TPSA) is 80.9 Å². The van der Waals surface area contributed by atoms with Crippen LogP contribution in [-0.4, -0.2) is 71.0 Å². The smallest absolute Gasteiger partial charge is 0.250 e. The van der Waals surface area contributed by atoms with Gasteiger partial charge in [-0.25, -0.2) is 0 Å². The minimum atomic E-state index is -2.48. The Morgan fingerprint density at radius 3 is 0.857 bits per heavy atom. The maximum absolute atomic E-state index is 7.78. The van der Waals surface area contributed by atoms with Crippen LogP contribution in [-0.2, 0) is 0 Å². The molecule has 7 heavy (non-hydrogen) atoms. The van der Waals surface area contributed by atoms with E-state index in [1.165, 1.54) is 0 Å². The Labute approximate surface area is 85.7 Å². The van der Waals surface area contributed by atoms with E-state index in [0.29, 0.717) is 0 Å². The fourth-order valence-electron chi connectivity index (χ4n) is 0. The number of hydrogen-bond acceptors (Lipinski definition) is 4. The number of hydrogen-bond donors (Lipinski definition) is 4.